The normalized spacial score (nSPS) is 10.6. The van der Waals surface area contributed by atoms with E-state index in [1.165, 1.54) is 11.5 Å². The Morgan fingerprint density at radius 3 is 2.94 bits per heavy atom. The smallest absolute Gasteiger partial charge is 0.164 e. The predicted molar refractivity (Wildman–Crippen MR) is 72.3 cm³/mol. The minimum atomic E-state index is 0.0595. The van der Waals surface area contributed by atoms with Crippen LogP contribution in [0.1, 0.15) is 28.7 Å². The molecule has 1 N–H and O–H groups in total. The molecule has 0 aliphatic heterocycles. The average molecular weight is 264 g/mol. The molecule has 0 aliphatic carbocycles. The number of ketones is 1. The molecule has 18 heavy (non-hydrogen) atoms. The molecule has 5 nitrogen and oxygen atoms in total. The summed E-state index contributed by atoms with van der Waals surface area (Å²) in [6, 6.07) is 1.99. The van der Waals surface area contributed by atoms with E-state index < -0.39 is 0 Å². The van der Waals surface area contributed by atoms with Gasteiger partial charge in [-0.1, -0.05) is 0 Å². The minimum absolute atomic E-state index is 0.0595. The van der Waals surface area contributed by atoms with Crippen molar-refractivity contribution < 1.29 is 4.79 Å². The van der Waals surface area contributed by atoms with Crippen molar-refractivity contribution >= 4 is 22.3 Å². The first-order valence-electron chi connectivity index (χ1n) is 5.77. The van der Waals surface area contributed by atoms with Crippen molar-refractivity contribution in [2.75, 3.05) is 11.9 Å². The van der Waals surface area contributed by atoms with Crippen LogP contribution < -0.4 is 5.32 Å². The second-order valence-electron chi connectivity index (χ2n) is 4.15. The Balaban J connectivity index is 1.99. The average Bonchev–Trinajstić information content (AvgIpc) is 2.86. The zero-order chi connectivity index (χ0) is 13.1. The third kappa shape index (κ3) is 2.59. The summed E-state index contributed by atoms with van der Waals surface area (Å²) in [6.07, 6.45) is 2.65. The van der Waals surface area contributed by atoms with Crippen molar-refractivity contribution in [1.82, 2.24) is 14.2 Å². The van der Waals surface area contributed by atoms with Gasteiger partial charge in [0.05, 0.1) is 11.3 Å². The van der Waals surface area contributed by atoms with Gasteiger partial charge in [-0.25, -0.2) is 0 Å². The zero-order valence-corrected chi connectivity index (χ0v) is 11.5. The molecule has 0 unspecified atom stereocenters. The molecule has 0 amide bonds. The summed E-state index contributed by atoms with van der Waals surface area (Å²) in [6.45, 7) is 4.20. The Hall–Kier alpha value is -1.69. The molecule has 6 heteroatoms. The molecule has 2 heterocycles. The van der Waals surface area contributed by atoms with Crippen LogP contribution in [0.25, 0.3) is 0 Å². The third-order valence-electron chi connectivity index (χ3n) is 2.80. The topological polar surface area (TPSA) is 59.8 Å². The molecular weight excluding hydrogens is 248 g/mol. The van der Waals surface area contributed by atoms with Crippen LogP contribution >= 0.6 is 11.5 Å². The summed E-state index contributed by atoms with van der Waals surface area (Å²) >= 11 is 1.34. The second-order valence-corrected chi connectivity index (χ2v) is 4.92. The van der Waals surface area contributed by atoms with Crippen LogP contribution in [-0.2, 0) is 13.5 Å². The van der Waals surface area contributed by atoms with Crippen molar-refractivity contribution in [1.29, 1.82) is 0 Å². The molecular formula is C12H16N4OS. The summed E-state index contributed by atoms with van der Waals surface area (Å²) in [5.41, 5.74) is 2.67. The fourth-order valence-corrected chi connectivity index (χ4v) is 2.72. The van der Waals surface area contributed by atoms with Crippen LogP contribution in [0, 0.1) is 6.92 Å². The van der Waals surface area contributed by atoms with Crippen LogP contribution in [-0.4, -0.2) is 26.5 Å². The maximum absolute atomic E-state index is 11.5. The number of aromatic nitrogens is 3. The lowest BCUT2D eigenvalue weighted by molar-refractivity contribution is 0.101. The maximum Gasteiger partial charge on any atom is 0.164 e. The molecule has 96 valence electrons. The standard InChI is InChI=1S/C12H16N4OS/c1-8-11(9(2)17)12(18-15-8)13-6-4-10-5-7-14-16(10)3/h5,7,13H,4,6H2,1-3H3. The highest BCUT2D eigenvalue weighted by atomic mass is 32.1. The number of nitrogens with one attached hydrogen (secondary N) is 1. The fourth-order valence-electron chi connectivity index (χ4n) is 1.86. The van der Waals surface area contributed by atoms with E-state index >= 15 is 0 Å². The SMILES string of the molecule is CC(=O)c1c(C)nsc1NCCc1ccnn1C. The summed E-state index contributed by atoms with van der Waals surface area (Å²) < 4.78 is 6.06. The highest BCUT2D eigenvalue weighted by molar-refractivity contribution is 7.10. The Bertz CT molecular complexity index is 558. The predicted octanol–water partition coefficient (Wildman–Crippen LogP) is 2.04. The van der Waals surface area contributed by atoms with Gasteiger partial charge in [-0.05, 0) is 31.4 Å². The van der Waals surface area contributed by atoms with Crippen molar-refractivity contribution in [3.05, 3.63) is 29.2 Å². The van der Waals surface area contributed by atoms with Crippen LogP contribution in [0.4, 0.5) is 5.00 Å². The lowest BCUT2D eigenvalue weighted by atomic mass is 10.2. The Labute approximate surface area is 110 Å². The lowest BCUT2D eigenvalue weighted by Crippen LogP contribution is -2.09. The first-order valence-corrected chi connectivity index (χ1v) is 6.55. The molecule has 2 aromatic heterocycles. The molecule has 0 fully saturated rings. The molecule has 0 radical (unpaired) electrons. The van der Waals surface area contributed by atoms with E-state index in [4.69, 9.17) is 0 Å². The molecule has 2 aromatic rings. The van der Waals surface area contributed by atoms with Gasteiger partial charge in [0.15, 0.2) is 5.78 Å². The van der Waals surface area contributed by atoms with Crippen molar-refractivity contribution in [3.8, 4) is 0 Å². The summed E-state index contributed by atoms with van der Waals surface area (Å²) in [7, 11) is 1.92. The number of rotatable bonds is 5. The van der Waals surface area contributed by atoms with Gasteiger partial charge < -0.3 is 5.32 Å². The van der Waals surface area contributed by atoms with Gasteiger partial charge >= 0.3 is 0 Å². The summed E-state index contributed by atoms with van der Waals surface area (Å²) in [4.78, 5) is 11.5. The molecule has 0 aliphatic rings. The van der Waals surface area contributed by atoms with Gasteiger partial charge in [-0.15, -0.1) is 0 Å². The number of aryl methyl sites for hydroxylation is 2. The number of Topliss-reactive ketones (excluding diaryl/α,β-unsaturated/α-hetero) is 1. The maximum atomic E-state index is 11.5. The fraction of sp³-hybridized carbons (Fsp3) is 0.417. The van der Waals surface area contributed by atoms with Crippen molar-refractivity contribution in [3.63, 3.8) is 0 Å². The highest BCUT2D eigenvalue weighted by Gasteiger charge is 2.14. The first-order chi connectivity index (χ1) is 8.59. The summed E-state index contributed by atoms with van der Waals surface area (Å²) in [5, 5.41) is 8.26. The van der Waals surface area contributed by atoms with Crippen molar-refractivity contribution in [2.45, 2.75) is 20.3 Å². The lowest BCUT2D eigenvalue weighted by Gasteiger charge is -2.05. The number of carbonyl (C=O) groups excluding carboxylic acids is 1. The van der Waals surface area contributed by atoms with E-state index in [1.54, 1.807) is 13.1 Å². The van der Waals surface area contributed by atoms with Crippen LogP contribution in [0.5, 0.6) is 0 Å². The summed E-state index contributed by atoms with van der Waals surface area (Å²) in [5.74, 6) is 0.0595. The first kappa shape index (κ1) is 12.8. The minimum Gasteiger partial charge on any atom is -0.375 e. The van der Waals surface area contributed by atoms with Gasteiger partial charge in [0, 0.05) is 31.9 Å². The van der Waals surface area contributed by atoms with E-state index in [2.05, 4.69) is 14.8 Å². The van der Waals surface area contributed by atoms with E-state index in [1.807, 2.05) is 24.7 Å². The largest absolute Gasteiger partial charge is 0.375 e. The Kier molecular flexibility index (Phi) is 3.76. The molecule has 0 saturated carbocycles. The number of carbonyl (C=O) groups is 1. The van der Waals surface area contributed by atoms with Crippen molar-refractivity contribution in [2.24, 2.45) is 7.05 Å². The molecule has 0 atom stereocenters. The third-order valence-corrected chi connectivity index (χ3v) is 3.70. The Morgan fingerprint density at radius 1 is 1.56 bits per heavy atom. The van der Waals surface area contributed by atoms with Crippen LogP contribution in [0.2, 0.25) is 0 Å². The van der Waals surface area contributed by atoms with Gasteiger partial charge in [-0.2, -0.15) is 9.47 Å². The van der Waals surface area contributed by atoms with Crippen LogP contribution in [0.3, 0.4) is 0 Å². The molecule has 0 bridgehead atoms. The highest BCUT2D eigenvalue weighted by Crippen LogP contribution is 2.24. The van der Waals surface area contributed by atoms with Gasteiger partial charge in [0.2, 0.25) is 0 Å². The van der Waals surface area contributed by atoms with Gasteiger partial charge in [0.25, 0.3) is 0 Å². The zero-order valence-electron chi connectivity index (χ0n) is 10.7. The molecule has 0 spiro atoms. The van der Waals surface area contributed by atoms with Gasteiger partial charge in [0.1, 0.15) is 5.00 Å². The van der Waals surface area contributed by atoms with E-state index in [9.17, 15) is 4.79 Å². The number of hydrogen-bond acceptors (Lipinski definition) is 5. The van der Waals surface area contributed by atoms with E-state index in [-0.39, 0.29) is 5.78 Å². The number of hydrogen-bond donors (Lipinski definition) is 1. The van der Waals surface area contributed by atoms with E-state index in [0.29, 0.717) is 5.56 Å². The molecule has 2 rings (SSSR count). The Morgan fingerprint density at radius 2 is 2.33 bits per heavy atom. The molecule has 0 saturated heterocycles. The van der Waals surface area contributed by atoms with Gasteiger partial charge in [-0.3, -0.25) is 9.48 Å². The van der Waals surface area contributed by atoms with E-state index in [0.717, 1.165) is 29.4 Å². The quantitative estimate of drug-likeness (QED) is 0.840. The second kappa shape index (κ2) is 5.30. The number of anilines is 1. The molecule has 0 aromatic carbocycles. The number of nitrogens with zero attached hydrogens (tertiary/aromatic N) is 3. The monoisotopic (exact) mass is 264 g/mol. The van der Waals surface area contributed by atoms with Crippen LogP contribution in [0.15, 0.2) is 12.3 Å².